The molecule has 0 aliphatic carbocycles. The Labute approximate surface area is 105 Å². The molecule has 17 heavy (non-hydrogen) atoms. The fourth-order valence-electron chi connectivity index (χ4n) is 1.11. The normalized spacial score (nSPS) is 14.9. The number of carbonyl (C=O) groups is 1. The Morgan fingerprint density at radius 3 is 2.41 bits per heavy atom. The highest BCUT2D eigenvalue weighted by Gasteiger charge is 2.16. The quantitative estimate of drug-likeness (QED) is 0.703. The average Bonchev–Trinajstić information content (AvgIpc) is 2.20. The van der Waals surface area contributed by atoms with Gasteiger partial charge >= 0.3 is 6.09 Å². The maximum absolute atomic E-state index is 11.4. The van der Waals surface area contributed by atoms with Crippen LogP contribution in [0.3, 0.4) is 0 Å². The highest BCUT2D eigenvalue weighted by atomic mass is 16.6. The van der Waals surface area contributed by atoms with Crippen LogP contribution in [0.15, 0.2) is 12.7 Å². The summed E-state index contributed by atoms with van der Waals surface area (Å²) in [5.74, 6) is 0.352. The summed E-state index contributed by atoms with van der Waals surface area (Å²) in [6, 6.07) is 0.291. The van der Waals surface area contributed by atoms with Crippen LogP contribution in [-0.2, 0) is 4.74 Å². The first-order valence-electron chi connectivity index (χ1n) is 6.07. The van der Waals surface area contributed by atoms with Crippen molar-refractivity contribution in [2.75, 3.05) is 13.1 Å². The third-order valence-corrected chi connectivity index (χ3v) is 2.14. The molecule has 100 valence electrons. The van der Waals surface area contributed by atoms with Crippen LogP contribution in [0.1, 0.15) is 34.6 Å². The predicted molar refractivity (Wildman–Crippen MR) is 71.1 cm³/mol. The number of carbonyl (C=O) groups excluding carboxylic acids is 1. The molecule has 0 saturated carbocycles. The molecule has 0 spiro atoms. The number of rotatable bonds is 6. The van der Waals surface area contributed by atoms with E-state index in [-0.39, 0.29) is 6.09 Å². The van der Waals surface area contributed by atoms with E-state index in [9.17, 15) is 4.79 Å². The Balaban J connectivity index is 3.73. The van der Waals surface area contributed by atoms with Gasteiger partial charge in [0.25, 0.3) is 0 Å². The summed E-state index contributed by atoms with van der Waals surface area (Å²) < 4.78 is 5.15. The minimum Gasteiger partial charge on any atom is -0.444 e. The summed E-state index contributed by atoms with van der Waals surface area (Å²) in [4.78, 5) is 11.4. The lowest BCUT2D eigenvalue weighted by molar-refractivity contribution is 0.0520. The molecule has 0 saturated heterocycles. The first-order valence-corrected chi connectivity index (χ1v) is 6.07. The second-order valence-corrected chi connectivity index (χ2v) is 5.42. The minimum absolute atomic E-state index is 0.291. The predicted octanol–water partition coefficient (Wildman–Crippen LogP) is 2.31. The van der Waals surface area contributed by atoms with Crippen LogP contribution < -0.4 is 10.6 Å². The molecule has 0 aliphatic heterocycles. The highest BCUT2D eigenvalue weighted by Crippen LogP contribution is 2.06. The Hall–Kier alpha value is -1.03. The standard InChI is InChI=1S/C13H26N2O2/c1-7-11(3)14-8-10(2)9-15-12(16)17-13(4,5)6/h7,10-11,14H,1,8-9H2,2-6H3,(H,15,16). The molecule has 4 heteroatoms. The molecule has 2 N–H and O–H groups in total. The van der Waals surface area contributed by atoms with E-state index in [1.807, 2.05) is 33.8 Å². The van der Waals surface area contributed by atoms with Gasteiger partial charge in [-0.05, 0) is 40.2 Å². The average molecular weight is 242 g/mol. The molecule has 2 atom stereocenters. The van der Waals surface area contributed by atoms with E-state index in [1.54, 1.807) is 0 Å². The van der Waals surface area contributed by atoms with Gasteiger partial charge in [0.2, 0.25) is 0 Å². The second kappa shape index (κ2) is 7.33. The molecular formula is C13H26N2O2. The van der Waals surface area contributed by atoms with Crippen molar-refractivity contribution in [3.8, 4) is 0 Å². The molecule has 0 heterocycles. The molecular weight excluding hydrogens is 216 g/mol. The molecule has 0 aromatic rings. The number of nitrogens with one attached hydrogen (secondary N) is 2. The van der Waals surface area contributed by atoms with Crippen LogP contribution in [0.5, 0.6) is 0 Å². The molecule has 0 radical (unpaired) electrons. The van der Waals surface area contributed by atoms with Gasteiger partial charge in [0.15, 0.2) is 0 Å². The van der Waals surface area contributed by atoms with E-state index in [0.29, 0.717) is 18.5 Å². The summed E-state index contributed by atoms with van der Waals surface area (Å²) in [6.07, 6.45) is 1.50. The van der Waals surface area contributed by atoms with Gasteiger partial charge in [-0.25, -0.2) is 4.79 Å². The molecule has 4 nitrogen and oxygen atoms in total. The molecule has 2 unspecified atom stereocenters. The molecule has 0 rings (SSSR count). The van der Waals surface area contributed by atoms with Crippen molar-refractivity contribution in [3.63, 3.8) is 0 Å². The van der Waals surface area contributed by atoms with E-state index < -0.39 is 5.60 Å². The Bertz CT molecular complexity index is 246. The topological polar surface area (TPSA) is 50.4 Å². The molecule has 1 amide bonds. The highest BCUT2D eigenvalue weighted by molar-refractivity contribution is 5.67. The Morgan fingerprint density at radius 1 is 1.35 bits per heavy atom. The van der Waals surface area contributed by atoms with Crippen LogP contribution >= 0.6 is 0 Å². The van der Waals surface area contributed by atoms with Crippen molar-refractivity contribution in [1.29, 1.82) is 0 Å². The first kappa shape index (κ1) is 16.0. The summed E-state index contributed by atoms with van der Waals surface area (Å²) in [5, 5.41) is 6.05. The first-order chi connectivity index (χ1) is 7.74. The summed E-state index contributed by atoms with van der Waals surface area (Å²) in [5.41, 5.74) is -0.442. The van der Waals surface area contributed by atoms with Crippen molar-refractivity contribution >= 4 is 6.09 Å². The number of amides is 1. The summed E-state index contributed by atoms with van der Waals surface area (Å²) in [6.45, 7) is 14.8. The van der Waals surface area contributed by atoms with Gasteiger partial charge in [-0.2, -0.15) is 0 Å². The van der Waals surface area contributed by atoms with Crippen molar-refractivity contribution in [1.82, 2.24) is 10.6 Å². The number of hydrogen-bond donors (Lipinski definition) is 2. The smallest absolute Gasteiger partial charge is 0.407 e. The number of alkyl carbamates (subject to hydrolysis) is 1. The molecule has 0 aromatic heterocycles. The van der Waals surface area contributed by atoms with Crippen molar-refractivity contribution < 1.29 is 9.53 Å². The van der Waals surface area contributed by atoms with Crippen molar-refractivity contribution in [2.24, 2.45) is 5.92 Å². The number of ether oxygens (including phenoxy) is 1. The zero-order valence-electron chi connectivity index (χ0n) is 11.7. The van der Waals surface area contributed by atoms with Gasteiger partial charge in [-0.1, -0.05) is 13.0 Å². The maximum atomic E-state index is 11.4. The van der Waals surface area contributed by atoms with Gasteiger partial charge in [0.1, 0.15) is 5.60 Å². The maximum Gasteiger partial charge on any atom is 0.407 e. The Kier molecular flexibility index (Phi) is 6.88. The lowest BCUT2D eigenvalue weighted by Gasteiger charge is -2.21. The Morgan fingerprint density at radius 2 is 1.94 bits per heavy atom. The molecule has 0 bridgehead atoms. The molecule has 0 aromatic carbocycles. The second-order valence-electron chi connectivity index (χ2n) is 5.42. The molecule has 0 aliphatic rings. The zero-order valence-corrected chi connectivity index (χ0v) is 11.7. The lowest BCUT2D eigenvalue weighted by atomic mass is 10.1. The lowest BCUT2D eigenvalue weighted by Crippen LogP contribution is -2.38. The van der Waals surface area contributed by atoms with Crippen LogP contribution in [0.2, 0.25) is 0 Å². The third-order valence-electron chi connectivity index (χ3n) is 2.14. The van der Waals surface area contributed by atoms with E-state index >= 15 is 0 Å². The fraction of sp³-hybridized carbons (Fsp3) is 0.769. The van der Waals surface area contributed by atoms with Crippen molar-refractivity contribution in [3.05, 3.63) is 12.7 Å². The van der Waals surface area contributed by atoms with Crippen LogP contribution in [-0.4, -0.2) is 30.8 Å². The van der Waals surface area contributed by atoms with Crippen LogP contribution in [0.25, 0.3) is 0 Å². The summed E-state index contributed by atoms with van der Waals surface area (Å²) >= 11 is 0. The van der Waals surface area contributed by atoms with E-state index in [4.69, 9.17) is 4.74 Å². The van der Waals surface area contributed by atoms with Gasteiger partial charge in [-0.3, -0.25) is 0 Å². The van der Waals surface area contributed by atoms with Gasteiger partial charge < -0.3 is 15.4 Å². The van der Waals surface area contributed by atoms with E-state index in [1.165, 1.54) is 0 Å². The third kappa shape index (κ3) is 9.87. The number of hydrogen-bond acceptors (Lipinski definition) is 3. The SMILES string of the molecule is C=CC(C)NCC(C)CNC(=O)OC(C)(C)C. The van der Waals surface area contributed by atoms with Gasteiger partial charge in [0, 0.05) is 12.6 Å². The van der Waals surface area contributed by atoms with Crippen LogP contribution in [0, 0.1) is 5.92 Å². The molecule has 0 fully saturated rings. The van der Waals surface area contributed by atoms with Crippen molar-refractivity contribution in [2.45, 2.75) is 46.3 Å². The zero-order chi connectivity index (χ0) is 13.5. The largest absolute Gasteiger partial charge is 0.444 e. The minimum atomic E-state index is -0.442. The van der Waals surface area contributed by atoms with Crippen LogP contribution in [0.4, 0.5) is 4.79 Å². The van der Waals surface area contributed by atoms with E-state index in [0.717, 1.165) is 6.54 Å². The monoisotopic (exact) mass is 242 g/mol. The fourth-order valence-corrected chi connectivity index (χ4v) is 1.11. The van der Waals surface area contributed by atoms with E-state index in [2.05, 4.69) is 24.1 Å². The summed E-state index contributed by atoms with van der Waals surface area (Å²) in [7, 11) is 0. The van der Waals surface area contributed by atoms with Gasteiger partial charge in [-0.15, -0.1) is 6.58 Å². The van der Waals surface area contributed by atoms with Gasteiger partial charge in [0.05, 0.1) is 0 Å².